The van der Waals surface area contributed by atoms with Gasteiger partial charge in [0.05, 0.1) is 60.9 Å². The first kappa shape index (κ1) is 36.5. The normalized spacial score (nSPS) is 21.4. The van der Waals surface area contributed by atoms with Crippen molar-refractivity contribution in [1.29, 1.82) is 0 Å². The minimum atomic E-state index is -2.93. The standard InChI is InChI=1S/C42H44N6O6Si/c1-27-39(55(3,4)52)38(19-20-46-25-36(44-45-46)34(26-49)29-12-6-5-7-13-29)54-42(27)35-22-32(53-2)17-18-37(35)47(41(42)51)24-28-11-10-15-31(21-28)48-40(50)33-16-9-8-14-30(33)23-43-48/h5-18,21-23,25,27,34,38-39,49,52H,19-20,24,26H2,1-4H3/t27-,34?,38+,39-,42+/m1/s1. The van der Waals surface area contributed by atoms with Gasteiger partial charge in [-0.25, -0.2) is 0 Å². The van der Waals surface area contributed by atoms with E-state index < -0.39 is 20.0 Å². The molecule has 5 atom stereocenters. The maximum absolute atomic E-state index is 15.1. The molecule has 2 aliphatic rings. The van der Waals surface area contributed by atoms with Crippen LogP contribution in [0.4, 0.5) is 5.69 Å². The van der Waals surface area contributed by atoms with Crippen LogP contribution in [-0.4, -0.2) is 68.7 Å². The highest BCUT2D eigenvalue weighted by Gasteiger charge is 2.66. The van der Waals surface area contributed by atoms with Crippen LogP contribution in [0.5, 0.6) is 5.75 Å². The van der Waals surface area contributed by atoms with Crippen LogP contribution < -0.4 is 15.2 Å². The summed E-state index contributed by atoms with van der Waals surface area (Å²) < 4.78 is 15.8. The summed E-state index contributed by atoms with van der Waals surface area (Å²) in [7, 11) is -1.33. The predicted octanol–water partition coefficient (Wildman–Crippen LogP) is 5.54. The largest absolute Gasteiger partial charge is 0.497 e. The Morgan fingerprint density at radius 3 is 2.53 bits per heavy atom. The molecule has 12 nitrogen and oxygen atoms in total. The number of aliphatic hydroxyl groups excluding tert-OH is 1. The summed E-state index contributed by atoms with van der Waals surface area (Å²) >= 11 is 0. The molecule has 13 heteroatoms. The summed E-state index contributed by atoms with van der Waals surface area (Å²) in [4.78, 5) is 42.1. The Hall–Kier alpha value is -5.47. The number of anilines is 1. The van der Waals surface area contributed by atoms with Crippen molar-refractivity contribution in [2.24, 2.45) is 5.92 Å². The van der Waals surface area contributed by atoms with Crippen molar-refractivity contribution >= 4 is 30.7 Å². The first-order chi connectivity index (χ1) is 26.5. The smallest absolute Gasteiger partial charge is 0.279 e. The van der Waals surface area contributed by atoms with Gasteiger partial charge in [0.25, 0.3) is 11.5 Å². The molecule has 1 amide bonds. The predicted molar refractivity (Wildman–Crippen MR) is 211 cm³/mol. The zero-order valence-electron chi connectivity index (χ0n) is 31.2. The molecule has 6 aromatic rings. The Labute approximate surface area is 319 Å². The monoisotopic (exact) mass is 756 g/mol. The molecule has 8 rings (SSSR count). The Bertz CT molecular complexity index is 2430. The topological polar surface area (TPSA) is 145 Å². The van der Waals surface area contributed by atoms with Crippen molar-refractivity contribution in [1.82, 2.24) is 24.8 Å². The van der Waals surface area contributed by atoms with Crippen LogP contribution in [0.1, 0.15) is 41.6 Å². The van der Waals surface area contributed by atoms with E-state index in [2.05, 4.69) is 15.4 Å². The van der Waals surface area contributed by atoms with Crippen molar-refractivity contribution in [3.05, 3.63) is 142 Å². The second-order valence-corrected chi connectivity index (χ2v) is 19.1. The van der Waals surface area contributed by atoms with E-state index in [0.717, 1.165) is 16.5 Å². The van der Waals surface area contributed by atoms with E-state index >= 15 is 4.79 Å². The molecule has 0 radical (unpaired) electrons. The molecule has 4 heterocycles. The van der Waals surface area contributed by atoms with E-state index in [9.17, 15) is 14.7 Å². The third-order valence-electron chi connectivity index (χ3n) is 11.3. The van der Waals surface area contributed by atoms with Gasteiger partial charge in [0.15, 0.2) is 13.9 Å². The fourth-order valence-corrected chi connectivity index (χ4v) is 11.4. The molecule has 0 saturated carbocycles. The van der Waals surface area contributed by atoms with Gasteiger partial charge in [-0.15, -0.1) is 5.10 Å². The number of aryl methyl sites for hydroxylation is 1. The quantitative estimate of drug-likeness (QED) is 0.163. The molecule has 1 unspecified atom stereocenters. The van der Waals surface area contributed by atoms with Gasteiger partial charge in [-0.2, -0.15) is 9.78 Å². The van der Waals surface area contributed by atoms with Crippen LogP contribution in [0.3, 0.4) is 0 Å². The second-order valence-electron chi connectivity index (χ2n) is 15.1. The number of benzene rings is 4. The number of methoxy groups -OCH3 is 1. The van der Waals surface area contributed by atoms with Gasteiger partial charge < -0.3 is 24.3 Å². The Morgan fingerprint density at radius 2 is 1.76 bits per heavy atom. The zero-order chi connectivity index (χ0) is 38.5. The molecule has 0 bridgehead atoms. The number of nitrogens with zero attached hydrogens (tertiary/aromatic N) is 6. The third kappa shape index (κ3) is 6.36. The summed E-state index contributed by atoms with van der Waals surface area (Å²) in [5.74, 6) is -0.295. The van der Waals surface area contributed by atoms with Crippen molar-refractivity contribution in [3.8, 4) is 11.4 Å². The van der Waals surface area contributed by atoms with E-state index in [1.165, 1.54) is 4.68 Å². The Balaban J connectivity index is 1.10. The Morgan fingerprint density at radius 1 is 0.982 bits per heavy atom. The van der Waals surface area contributed by atoms with Gasteiger partial charge in [0, 0.05) is 35.2 Å². The van der Waals surface area contributed by atoms with Gasteiger partial charge in [-0.05, 0) is 67.0 Å². The minimum Gasteiger partial charge on any atom is -0.497 e. The van der Waals surface area contributed by atoms with Crippen molar-refractivity contribution in [2.45, 2.75) is 62.7 Å². The lowest BCUT2D eigenvalue weighted by Crippen LogP contribution is -2.46. The average molecular weight is 757 g/mol. The molecule has 1 spiro atoms. The van der Waals surface area contributed by atoms with Gasteiger partial charge in [0.2, 0.25) is 0 Å². The second kappa shape index (κ2) is 14.3. The molecular formula is C42H44N6O6Si. The molecule has 282 valence electrons. The highest BCUT2D eigenvalue weighted by atomic mass is 28.4. The molecule has 1 fully saturated rings. The Kier molecular flexibility index (Phi) is 9.50. The number of hydrogen-bond donors (Lipinski definition) is 2. The first-order valence-corrected chi connectivity index (χ1v) is 21.6. The highest BCUT2D eigenvalue weighted by molar-refractivity contribution is 6.71. The molecule has 2 aromatic heterocycles. The molecule has 4 aromatic carbocycles. The molecule has 0 aliphatic carbocycles. The summed E-state index contributed by atoms with van der Waals surface area (Å²) in [6.07, 6.45) is 3.54. The summed E-state index contributed by atoms with van der Waals surface area (Å²) in [5.41, 5.74) is 2.53. The lowest BCUT2D eigenvalue weighted by atomic mass is 9.82. The van der Waals surface area contributed by atoms with Crippen LogP contribution in [0.15, 0.2) is 114 Å². The fourth-order valence-electron chi connectivity index (χ4n) is 8.75. The summed E-state index contributed by atoms with van der Waals surface area (Å²) in [5, 5.41) is 24.8. The van der Waals surface area contributed by atoms with Crippen LogP contribution in [0.2, 0.25) is 18.6 Å². The van der Waals surface area contributed by atoms with Gasteiger partial charge in [-0.3, -0.25) is 14.3 Å². The van der Waals surface area contributed by atoms with E-state index in [0.29, 0.717) is 46.7 Å². The summed E-state index contributed by atoms with van der Waals surface area (Å²) in [6.45, 7) is 6.37. The first-order valence-electron chi connectivity index (χ1n) is 18.6. The molecule has 2 aliphatic heterocycles. The van der Waals surface area contributed by atoms with E-state index in [1.807, 2.05) is 117 Å². The van der Waals surface area contributed by atoms with Crippen LogP contribution in [-0.2, 0) is 28.2 Å². The number of rotatable bonds is 11. The number of ether oxygens (including phenoxy) is 2. The lowest BCUT2D eigenvalue weighted by Gasteiger charge is -2.32. The fraction of sp³-hybridized carbons (Fsp3) is 0.310. The molecule has 1 saturated heterocycles. The van der Waals surface area contributed by atoms with Crippen molar-refractivity contribution in [2.75, 3.05) is 18.6 Å². The maximum Gasteiger partial charge on any atom is 0.279 e. The highest BCUT2D eigenvalue weighted by Crippen LogP contribution is 2.60. The van der Waals surface area contributed by atoms with Crippen molar-refractivity contribution < 1.29 is 24.2 Å². The van der Waals surface area contributed by atoms with Gasteiger partial charge >= 0.3 is 0 Å². The van der Waals surface area contributed by atoms with Crippen LogP contribution >= 0.6 is 0 Å². The number of aromatic nitrogens is 5. The number of carbonyl (C=O) groups excluding carboxylic acids is 1. The van der Waals surface area contributed by atoms with Gasteiger partial charge in [-0.1, -0.05) is 72.8 Å². The molecular weight excluding hydrogens is 713 g/mol. The zero-order valence-corrected chi connectivity index (χ0v) is 32.2. The number of hydrogen-bond acceptors (Lipinski definition) is 9. The molecule has 55 heavy (non-hydrogen) atoms. The van der Waals surface area contributed by atoms with Gasteiger partial charge in [0.1, 0.15) is 5.75 Å². The van der Waals surface area contributed by atoms with Crippen LogP contribution in [0, 0.1) is 5.92 Å². The third-order valence-corrected chi connectivity index (χ3v) is 13.8. The maximum atomic E-state index is 15.1. The SMILES string of the molecule is COc1ccc2c(c1)[C@]1(O[C@@H](CCn3cc(C(CO)c4ccccc4)nn3)[C@H]([Si](C)(C)O)[C@H]1C)C(=O)N2Cc1cccc(-n2ncc3ccccc3c2=O)c1. The van der Waals surface area contributed by atoms with E-state index in [4.69, 9.17) is 9.47 Å². The number of amides is 1. The van der Waals surface area contributed by atoms with Crippen molar-refractivity contribution in [3.63, 3.8) is 0 Å². The molecule has 2 N–H and O–H groups in total. The lowest BCUT2D eigenvalue weighted by molar-refractivity contribution is -0.146. The van der Waals surface area contributed by atoms with E-state index in [1.54, 1.807) is 29.0 Å². The minimum absolute atomic E-state index is 0.106. The number of carbonyl (C=O) groups is 1. The summed E-state index contributed by atoms with van der Waals surface area (Å²) in [6, 6.07) is 30.2. The van der Waals surface area contributed by atoms with E-state index in [-0.39, 0.29) is 42.0 Å². The number of aliphatic hydroxyl groups is 1. The average Bonchev–Trinajstić information content (AvgIpc) is 3.85. The number of fused-ring (bicyclic) bond motifs is 3. The van der Waals surface area contributed by atoms with Crippen LogP contribution in [0.25, 0.3) is 16.5 Å².